The van der Waals surface area contributed by atoms with Crippen molar-refractivity contribution < 1.29 is 18.4 Å². The van der Waals surface area contributed by atoms with Crippen molar-refractivity contribution in [3.8, 4) is 0 Å². The summed E-state index contributed by atoms with van der Waals surface area (Å²) in [6.45, 7) is 2.91. The Morgan fingerprint density at radius 3 is 2.51 bits per heavy atom. The van der Waals surface area contributed by atoms with E-state index in [1.807, 2.05) is 25.2 Å². The molecule has 4 aliphatic rings. The third-order valence-electron chi connectivity index (χ3n) is 8.73. The summed E-state index contributed by atoms with van der Waals surface area (Å²) in [5.74, 6) is -2.59. The number of carbonyl (C=O) groups excluding carboxylic acids is 2. The van der Waals surface area contributed by atoms with E-state index in [0.717, 1.165) is 43.1 Å². The van der Waals surface area contributed by atoms with Crippen LogP contribution in [0.3, 0.4) is 0 Å². The summed E-state index contributed by atoms with van der Waals surface area (Å²) in [6.07, 6.45) is 3.12. The van der Waals surface area contributed by atoms with E-state index >= 15 is 0 Å². The molecule has 0 bridgehead atoms. The van der Waals surface area contributed by atoms with Gasteiger partial charge in [0.1, 0.15) is 6.04 Å². The zero-order chi connectivity index (χ0) is 24.8. The number of amides is 2. The third-order valence-corrected chi connectivity index (χ3v) is 8.96. The van der Waals surface area contributed by atoms with E-state index in [9.17, 15) is 18.4 Å². The lowest BCUT2D eigenvalue weighted by molar-refractivity contribution is -0.135. The Kier molecular flexibility index (Phi) is 6.83. The second kappa shape index (κ2) is 9.60. The highest BCUT2D eigenvalue weighted by atomic mass is 35.5. The molecule has 1 aromatic carbocycles. The summed E-state index contributed by atoms with van der Waals surface area (Å²) in [4.78, 5) is 32.9. The molecule has 4 fully saturated rings. The van der Waals surface area contributed by atoms with Gasteiger partial charge in [0.2, 0.25) is 17.7 Å². The fourth-order valence-electron chi connectivity index (χ4n) is 6.48. The Labute approximate surface area is 210 Å². The largest absolute Gasteiger partial charge is 0.348 e. The van der Waals surface area contributed by atoms with Crippen LogP contribution in [0.2, 0.25) is 5.02 Å². The van der Waals surface area contributed by atoms with Gasteiger partial charge in [-0.3, -0.25) is 19.4 Å². The minimum absolute atomic E-state index is 0.0278. The molecule has 3 saturated heterocycles. The van der Waals surface area contributed by atoms with Gasteiger partial charge in [-0.05, 0) is 56.8 Å². The first-order chi connectivity index (χ1) is 16.6. The number of halogens is 3. The first kappa shape index (κ1) is 24.9. The van der Waals surface area contributed by atoms with E-state index in [1.54, 1.807) is 4.90 Å². The zero-order valence-corrected chi connectivity index (χ0v) is 21.1. The van der Waals surface area contributed by atoms with Gasteiger partial charge in [-0.15, -0.1) is 0 Å². The number of fused-ring (bicyclic) bond motifs is 1. The molecule has 0 aromatic heterocycles. The lowest BCUT2D eigenvalue weighted by Crippen LogP contribution is -2.56. The van der Waals surface area contributed by atoms with E-state index in [-0.39, 0.29) is 36.7 Å². The monoisotopic (exact) mass is 508 g/mol. The van der Waals surface area contributed by atoms with Gasteiger partial charge in [-0.25, -0.2) is 8.78 Å². The van der Waals surface area contributed by atoms with Crippen molar-refractivity contribution in [2.75, 3.05) is 26.7 Å². The highest BCUT2D eigenvalue weighted by molar-refractivity contribution is 6.30. The number of benzene rings is 1. The summed E-state index contributed by atoms with van der Waals surface area (Å²) in [7, 11) is 1.96. The number of hydrogen-bond donors (Lipinski definition) is 1. The third kappa shape index (κ3) is 5.35. The molecule has 35 heavy (non-hydrogen) atoms. The van der Waals surface area contributed by atoms with Gasteiger partial charge in [0.15, 0.2) is 0 Å². The number of alkyl halides is 2. The minimum Gasteiger partial charge on any atom is -0.348 e. The fraction of sp³-hybridized carbons (Fsp3) is 0.692. The van der Waals surface area contributed by atoms with Gasteiger partial charge in [0, 0.05) is 56.1 Å². The number of piperidine rings is 1. The molecule has 9 heteroatoms. The predicted octanol–water partition coefficient (Wildman–Crippen LogP) is 3.67. The Bertz CT molecular complexity index is 930. The molecule has 1 aromatic rings. The van der Waals surface area contributed by atoms with Crippen LogP contribution in [0.25, 0.3) is 0 Å². The lowest BCUT2D eigenvalue weighted by Gasteiger charge is -2.41. The molecular weight excluding hydrogens is 474 g/mol. The average molecular weight is 509 g/mol. The van der Waals surface area contributed by atoms with Crippen molar-refractivity contribution >= 4 is 23.4 Å². The molecule has 2 atom stereocenters. The second-order valence-corrected chi connectivity index (χ2v) is 11.5. The van der Waals surface area contributed by atoms with E-state index < -0.39 is 17.5 Å². The summed E-state index contributed by atoms with van der Waals surface area (Å²) >= 11 is 6.12. The standard InChI is InChI=1S/C26H35ClF2N4O2/c1-31(20-5-7-26(28,29)8-6-20)21-14-22-24(35)30-25(15-23(34)33(22)17-21)9-11-32(12-10-25)16-18-3-2-4-19(27)13-18/h2-4,13,20-22H,5-12,14-17H2,1H3,(H,30,35)/t21-,22-/m0/s1. The quantitative estimate of drug-likeness (QED) is 0.674. The van der Waals surface area contributed by atoms with Gasteiger partial charge in [-0.1, -0.05) is 23.7 Å². The molecule has 2 amide bonds. The highest BCUT2D eigenvalue weighted by Crippen LogP contribution is 2.38. The molecule has 1 N–H and O–H groups in total. The Hall–Kier alpha value is -1.77. The van der Waals surface area contributed by atoms with Crippen molar-refractivity contribution in [3.05, 3.63) is 34.9 Å². The number of likely N-dealkylation sites (N-methyl/N-ethyl adjacent to an activating group) is 1. The average Bonchev–Trinajstić information content (AvgIpc) is 3.23. The van der Waals surface area contributed by atoms with Crippen LogP contribution < -0.4 is 5.32 Å². The smallest absolute Gasteiger partial charge is 0.248 e. The Morgan fingerprint density at radius 1 is 1.11 bits per heavy atom. The van der Waals surface area contributed by atoms with Gasteiger partial charge < -0.3 is 10.2 Å². The molecule has 1 aliphatic carbocycles. The molecule has 1 saturated carbocycles. The van der Waals surface area contributed by atoms with Crippen LogP contribution in [0.5, 0.6) is 0 Å². The number of carbonyl (C=O) groups is 2. The summed E-state index contributed by atoms with van der Waals surface area (Å²) < 4.78 is 27.2. The molecule has 192 valence electrons. The molecule has 6 nitrogen and oxygen atoms in total. The van der Waals surface area contributed by atoms with Gasteiger partial charge in [0.25, 0.3) is 0 Å². The lowest BCUT2D eigenvalue weighted by atomic mass is 9.83. The van der Waals surface area contributed by atoms with Crippen LogP contribution in [0.1, 0.15) is 56.9 Å². The Morgan fingerprint density at radius 2 is 1.83 bits per heavy atom. The van der Waals surface area contributed by atoms with Crippen molar-refractivity contribution in [1.29, 1.82) is 0 Å². The van der Waals surface area contributed by atoms with Crippen LogP contribution in [-0.2, 0) is 16.1 Å². The van der Waals surface area contributed by atoms with Crippen LogP contribution in [0.15, 0.2) is 24.3 Å². The maximum absolute atomic E-state index is 13.6. The van der Waals surface area contributed by atoms with E-state index in [2.05, 4.69) is 21.2 Å². The SMILES string of the molecule is CN(C1CCC(F)(F)CC1)[C@H]1C[C@H]2C(=O)NC3(CCN(Cc4cccc(Cl)c4)CC3)CC(=O)N2C1. The van der Waals surface area contributed by atoms with Gasteiger partial charge in [-0.2, -0.15) is 0 Å². The van der Waals surface area contributed by atoms with Crippen LogP contribution >= 0.6 is 11.6 Å². The van der Waals surface area contributed by atoms with Crippen LogP contribution in [0.4, 0.5) is 8.78 Å². The molecule has 3 heterocycles. The predicted molar refractivity (Wildman–Crippen MR) is 130 cm³/mol. The first-order valence-electron chi connectivity index (χ1n) is 12.8. The normalized spacial score (nSPS) is 29.3. The molecular formula is C26H35ClF2N4O2. The first-order valence-corrected chi connectivity index (χ1v) is 13.2. The molecule has 3 aliphatic heterocycles. The number of rotatable bonds is 4. The van der Waals surface area contributed by atoms with Gasteiger partial charge in [0.05, 0.1) is 12.0 Å². The fourth-order valence-corrected chi connectivity index (χ4v) is 6.69. The molecule has 0 unspecified atom stereocenters. The minimum atomic E-state index is -2.56. The summed E-state index contributed by atoms with van der Waals surface area (Å²) in [5.41, 5.74) is 0.673. The summed E-state index contributed by atoms with van der Waals surface area (Å²) in [6, 6.07) is 7.50. The number of nitrogens with zero attached hydrogens (tertiary/aromatic N) is 3. The summed E-state index contributed by atoms with van der Waals surface area (Å²) in [5, 5.41) is 4.00. The number of hydrogen-bond acceptors (Lipinski definition) is 4. The highest BCUT2D eigenvalue weighted by Gasteiger charge is 2.50. The van der Waals surface area contributed by atoms with Crippen molar-refractivity contribution in [2.45, 2.75) is 87.5 Å². The second-order valence-electron chi connectivity index (χ2n) is 11.1. The van der Waals surface area contributed by atoms with E-state index in [4.69, 9.17) is 11.6 Å². The maximum atomic E-state index is 13.6. The molecule has 1 spiro atoms. The Balaban J connectivity index is 1.19. The molecule has 5 rings (SSSR count). The topological polar surface area (TPSA) is 55.9 Å². The number of nitrogens with one attached hydrogen (secondary N) is 1. The van der Waals surface area contributed by atoms with Crippen molar-refractivity contribution in [2.24, 2.45) is 0 Å². The van der Waals surface area contributed by atoms with Gasteiger partial charge >= 0.3 is 0 Å². The number of likely N-dealkylation sites (tertiary alicyclic amines) is 1. The molecule has 0 radical (unpaired) electrons. The van der Waals surface area contributed by atoms with E-state index in [0.29, 0.717) is 32.2 Å². The van der Waals surface area contributed by atoms with Crippen LogP contribution in [0, 0.1) is 0 Å². The van der Waals surface area contributed by atoms with Crippen molar-refractivity contribution in [1.82, 2.24) is 20.0 Å². The zero-order valence-electron chi connectivity index (χ0n) is 20.3. The van der Waals surface area contributed by atoms with Crippen molar-refractivity contribution in [3.63, 3.8) is 0 Å². The maximum Gasteiger partial charge on any atom is 0.248 e. The van der Waals surface area contributed by atoms with Crippen LogP contribution in [-0.4, -0.2) is 82.8 Å². The van der Waals surface area contributed by atoms with E-state index in [1.165, 1.54) is 0 Å².